The Labute approximate surface area is 133 Å². The summed E-state index contributed by atoms with van der Waals surface area (Å²) < 4.78 is 0.975. The third kappa shape index (κ3) is 3.22. The van der Waals surface area contributed by atoms with Crippen molar-refractivity contribution in [3.8, 4) is 6.07 Å². The molecule has 0 atom stereocenters. The van der Waals surface area contributed by atoms with Gasteiger partial charge in [0, 0.05) is 10.2 Å². The highest BCUT2D eigenvalue weighted by Crippen LogP contribution is 2.27. The van der Waals surface area contributed by atoms with E-state index in [0.29, 0.717) is 11.4 Å². The van der Waals surface area contributed by atoms with Gasteiger partial charge in [-0.1, -0.05) is 35.8 Å². The quantitative estimate of drug-likeness (QED) is 0.898. The highest BCUT2D eigenvalue weighted by atomic mass is 79.9. The van der Waals surface area contributed by atoms with Crippen molar-refractivity contribution in [1.82, 2.24) is 10.2 Å². The molecule has 0 bridgehead atoms. The molecule has 4 nitrogen and oxygen atoms in total. The lowest BCUT2D eigenvalue weighted by Crippen LogP contribution is -2.07. The van der Waals surface area contributed by atoms with Crippen molar-refractivity contribution in [3.63, 3.8) is 0 Å². The first-order valence-electron chi connectivity index (χ1n) is 6.92. The van der Waals surface area contributed by atoms with E-state index in [1.54, 1.807) is 0 Å². The van der Waals surface area contributed by atoms with Crippen molar-refractivity contribution in [2.75, 3.05) is 5.32 Å². The lowest BCUT2D eigenvalue weighted by Gasteiger charge is -2.13. The van der Waals surface area contributed by atoms with Crippen LogP contribution in [0, 0.1) is 18.3 Å². The van der Waals surface area contributed by atoms with Gasteiger partial charge in [-0.25, -0.2) is 0 Å². The third-order valence-corrected chi connectivity index (χ3v) is 3.90. The molecule has 0 saturated carbocycles. The molecule has 1 aromatic carbocycles. The number of nitrogens with zero attached hydrogens (tertiary/aromatic N) is 3. The van der Waals surface area contributed by atoms with Gasteiger partial charge in [0.15, 0.2) is 5.82 Å². The summed E-state index contributed by atoms with van der Waals surface area (Å²) in [5.41, 5.74) is 4.46. The number of aromatic nitrogens is 2. The van der Waals surface area contributed by atoms with Crippen LogP contribution < -0.4 is 5.32 Å². The number of nitriles is 1. The second kappa shape index (κ2) is 6.68. The number of hydrogen-bond donors (Lipinski definition) is 1. The Balaban J connectivity index is 2.50. The van der Waals surface area contributed by atoms with E-state index in [4.69, 9.17) is 0 Å². The molecule has 2 rings (SSSR count). The summed E-state index contributed by atoms with van der Waals surface area (Å²) in [5, 5.41) is 21.2. The van der Waals surface area contributed by atoms with Gasteiger partial charge in [0.1, 0.15) is 11.6 Å². The van der Waals surface area contributed by atoms with Gasteiger partial charge >= 0.3 is 0 Å². The van der Waals surface area contributed by atoms with Crippen molar-refractivity contribution in [2.24, 2.45) is 0 Å². The van der Waals surface area contributed by atoms with E-state index in [0.717, 1.165) is 39.8 Å². The standard InChI is InChI=1S/C16H17BrN4/c1-4-12-13(9-18)16(21-20-14(12)5-2)19-15-8-11(17)7-6-10(15)3/h6-8H,4-5H2,1-3H3,(H,19,21). The number of hydrogen-bond acceptors (Lipinski definition) is 4. The molecular formula is C16H17BrN4. The second-order valence-corrected chi connectivity index (χ2v) is 5.67. The summed E-state index contributed by atoms with van der Waals surface area (Å²) >= 11 is 3.46. The second-order valence-electron chi connectivity index (χ2n) is 4.75. The fourth-order valence-electron chi connectivity index (χ4n) is 2.24. The van der Waals surface area contributed by atoms with Crippen LogP contribution in [0.3, 0.4) is 0 Å². The van der Waals surface area contributed by atoms with Crippen LogP contribution in [0.5, 0.6) is 0 Å². The molecule has 1 N–H and O–H groups in total. The Morgan fingerprint density at radius 3 is 2.62 bits per heavy atom. The number of benzene rings is 1. The maximum absolute atomic E-state index is 9.49. The molecular weight excluding hydrogens is 328 g/mol. The molecule has 108 valence electrons. The zero-order valence-electron chi connectivity index (χ0n) is 12.4. The summed E-state index contributed by atoms with van der Waals surface area (Å²) in [7, 11) is 0. The topological polar surface area (TPSA) is 61.6 Å². The van der Waals surface area contributed by atoms with Crippen LogP contribution in [0.1, 0.15) is 36.2 Å². The van der Waals surface area contributed by atoms with Crippen molar-refractivity contribution in [3.05, 3.63) is 45.1 Å². The van der Waals surface area contributed by atoms with E-state index in [9.17, 15) is 5.26 Å². The van der Waals surface area contributed by atoms with Crippen LogP contribution in [0.25, 0.3) is 0 Å². The zero-order valence-corrected chi connectivity index (χ0v) is 14.0. The maximum Gasteiger partial charge on any atom is 0.171 e. The number of aryl methyl sites for hydroxylation is 2. The van der Waals surface area contributed by atoms with Crippen molar-refractivity contribution in [1.29, 1.82) is 5.26 Å². The average Bonchev–Trinajstić information content (AvgIpc) is 2.50. The van der Waals surface area contributed by atoms with Crippen molar-refractivity contribution in [2.45, 2.75) is 33.6 Å². The van der Waals surface area contributed by atoms with E-state index in [-0.39, 0.29) is 0 Å². The lowest BCUT2D eigenvalue weighted by atomic mass is 10.0. The first-order valence-corrected chi connectivity index (χ1v) is 7.71. The predicted octanol–water partition coefficient (Wildman–Crippen LogP) is 4.29. The Morgan fingerprint density at radius 2 is 2.00 bits per heavy atom. The predicted molar refractivity (Wildman–Crippen MR) is 87.7 cm³/mol. The molecule has 2 aromatic rings. The van der Waals surface area contributed by atoms with Crippen LogP contribution in [0.2, 0.25) is 0 Å². The Hall–Kier alpha value is -1.93. The lowest BCUT2D eigenvalue weighted by molar-refractivity contribution is 0.877. The fraction of sp³-hybridized carbons (Fsp3) is 0.312. The molecule has 0 fully saturated rings. The minimum Gasteiger partial charge on any atom is -0.337 e. The molecule has 1 heterocycles. The summed E-state index contributed by atoms with van der Waals surface area (Å²) in [6.07, 6.45) is 1.55. The first kappa shape index (κ1) is 15.5. The largest absolute Gasteiger partial charge is 0.337 e. The summed E-state index contributed by atoms with van der Waals surface area (Å²) in [6, 6.07) is 8.23. The zero-order chi connectivity index (χ0) is 15.4. The van der Waals surface area contributed by atoms with Gasteiger partial charge < -0.3 is 5.32 Å². The maximum atomic E-state index is 9.49. The Bertz CT molecular complexity index is 704. The van der Waals surface area contributed by atoms with Gasteiger partial charge in [-0.05, 0) is 43.0 Å². The molecule has 0 unspecified atom stereocenters. The van der Waals surface area contributed by atoms with Crippen LogP contribution in [0.4, 0.5) is 11.5 Å². The molecule has 21 heavy (non-hydrogen) atoms. The fourth-order valence-corrected chi connectivity index (χ4v) is 2.60. The van der Waals surface area contributed by atoms with E-state index in [1.165, 1.54) is 0 Å². The smallest absolute Gasteiger partial charge is 0.171 e. The molecule has 0 aliphatic carbocycles. The molecule has 0 radical (unpaired) electrons. The van der Waals surface area contributed by atoms with E-state index in [1.807, 2.05) is 39.0 Å². The molecule has 0 spiro atoms. The molecule has 1 aromatic heterocycles. The Kier molecular flexibility index (Phi) is 4.92. The van der Waals surface area contributed by atoms with Gasteiger partial charge in [0.05, 0.1) is 5.69 Å². The first-order chi connectivity index (χ1) is 10.1. The SMILES string of the molecule is CCc1nnc(Nc2cc(Br)ccc2C)c(C#N)c1CC. The van der Waals surface area contributed by atoms with E-state index >= 15 is 0 Å². The number of rotatable bonds is 4. The van der Waals surface area contributed by atoms with Crippen LogP contribution in [0.15, 0.2) is 22.7 Å². The number of halogens is 1. The number of anilines is 2. The van der Waals surface area contributed by atoms with E-state index in [2.05, 4.69) is 37.5 Å². The van der Waals surface area contributed by atoms with Gasteiger partial charge in [-0.3, -0.25) is 0 Å². The third-order valence-electron chi connectivity index (χ3n) is 3.41. The highest BCUT2D eigenvalue weighted by molar-refractivity contribution is 9.10. The highest BCUT2D eigenvalue weighted by Gasteiger charge is 2.15. The molecule has 5 heteroatoms. The van der Waals surface area contributed by atoms with Crippen LogP contribution in [-0.4, -0.2) is 10.2 Å². The van der Waals surface area contributed by atoms with Gasteiger partial charge in [0.2, 0.25) is 0 Å². The molecule has 0 saturated heterocycles. The number of nitrogens with one attached hydrogen (secondary N) is 1. The summed E-state index contributed by atoms with van der Waals surface area (Å²) in [4.78, 5) is 0. The normalized spacial score (nSPS) is 10.2. The average molecular weight is 345 g/mol. The molecule has 0 aliphatic heterocycles. The monoisotopic (exact) mass is 344 g/mol. The van der Waals surface area contributed by atoms with E-state index < -0.39 is 0 Å². The van der Waals surface area contributed by atoms with Gasteiger partial charge in [-0.15, -0.1) is 5.10 Å². The van der Waals surface area contributed by atoms with Crippen molar-refractivity contribution >= 4 is 27.4 Å². The molecule has 0 amide bonds. The van der Waals surface area contributed by atoms with Gasteiger partial charge in [0.25, 0.3) is 0 Å². The minimum atomic E-state index is 0.521. The minimum absolute atomic E-state index is 0.521. The van der Waals surface area contributed by atoms with Crippen LogP contribution in [-0.2, 0) is 12.8 Å². The van der Waals surface area contributed by atoms with Crippen LogP contribution >= 0.6 is 15.9 Å². The Morgan fingerprint density at radius 1 is 1.24 bits per heavy atom. The molecule has 0 aliphatic rings. The van der Waals surface area contributed by atoms with Crippen molar-refractivity contribution < 1.29 is 0 Å². The van der Waals surface area contributed by atoms with Gasteiger partial charge in [-0.2, -0.15) is 10.4 Å². The summed E-state index contributed by atoms with van der Waals surface area (Å²) in [6.45, 7) is 6.07. The summed E-state index contributed by atoms with van der Waals surface area (Å²) in [5.74, 6) is 0.521.